The first-order valence-electron chi connectivity index (χ1n) is 5.75. The summed E-state index contributed by atoms with van der Waals surface area (Å²) in [7, 11) is 0. The third-order valence-corrected chi connectivity index (χ3v) is 3.47. The molecule has 1 N–H and O–H groups in total. The summed E-state index contributed by atoms with van der Waals surface area (Å²) in [6, 6.07) is 5.90. The van der Waals surface area contributed by atoms with E-state index in [-0.39, 0.29) is 21.0 Å². The second-order valence-corrected chi connectivity index (χ2v) is 5.25. The summed E-state index contributed by atoms with van der Waals surface area (Å²) in [5.41, 5.74) is 2.27. The van der Waals surface area contributed by atoms with E-state index in [0.29, 0.717) is 5.56 Å². The molecule has 2 rings (SSSR count). The lowest BCUT2D eigenvalue weighted by atomic mass is 10.1. The van der Waals surface area contributed by atoms with Crippen molar-refractivity contribution in [3.8, 4) is 0 Å². The van der Waals surface area contributed by atoms with Gasteiger partial charge in [0, 0.05) is 0 Å². The third kappa shape index (κ3) is 4.25. The average Bonchev–Trinajstić information content (AvgIpc) is 2.44. The molecule has 0 radical (unpaired) electrons. The van der Waals surface area contributed by atoms with Gasteiger partial charge >= 0.3 is 6.18 Å². The second kappa shape index (κ2) is 6.73. The van der Waals surface area contributed by atoms with Gasteiger partial charge in [-0.3, -0.25) is 5.43 Å². The summed E-state index contributed by atoms with van der Waals surface area (Å²) >= 11 is 17.4. The predicted octanol–water partition coefficient (Wildman–Crippen LogP) is 5.51. The Hall–Kier alpha value is -1.50. The van der Waals surface area contributed by atoms with Crippen molar-refractivity contribution in [1.82, 2.24) is 4.98 Å². The Labute approximate surface area is 138 Å². The molecule has 0 aliphatic rings. The van der Waals surface area contributed by atoms with Crippen molar-refractivity contribution >= 4 is 46.8 Å². The molecule has 116 valence electrons. The Morgan fingerprint density at radius 3 is 2.27 bits per heavy atom. The first-order chi connectivity index (χ1) is 10.3. The third-order valence-electron chi connectivity index (χ3n) is 2.51. The summed E-state index contributed by atoms with van der Waals surface area (Å²) < 4.78 is 37.2. The highest BCUT2D eigenvalue weighted by atomic mass is 35.5. The number of nitrogens with zero attached hydrogens (tertiary/aromatic N) is 2. The maximum Gasteiger partial charge on any atom is 0.416 e. The van der Waals surface area contributed by atoms with E-state index in [1.807, 2.05) is 0 Å². The van der Waals surface area contributed by atoms with Gasteiger partial charge in [0.15, 0.2) is 5.82 Å². The van der Waals surface area contributed by atoms with Crippen LogP contribution in [0.25, 0.3) is 0 Å². The molecule has 1 heterocycles. The fraction of sp³-hybridized carbons (Fsp3) is 0.0769. The van der Waals surface area contributed by atoms with Gasteiger partial charge in [-0.25, -0.2) is 4.98 Å². The minimum absolute atomic E-state index is 0.0540. The number of hydrazone groups is 1. The SMILES string of the molecule is FC(F)(F)c1ccc(/C=N\Nc2nc(Cl)c(Cl)cc2Cl)cc1. The van der Waals surface area contributed by atoms with Crippen LogP contribution in [0.2, 0.25) is 15.2 Å². The first-order valence-corrected chi connectivity index (χ1v) is 6.88. The Bertz CT molecular complexity index is 700. The smallest absolute Gasteiger partial charge is 0.260 e. The summed E-state index contributed by atoms with van der Waals surface area (Å²) in [5, 5.41) is 4.29. The van der Waals surface area contributed by atoms with Crippen LogP contribution in [-0.2, 0) is 6.18 Å². The van der Waals surface area contributed by atoms with Crippen LogP contribution in [0.1, 0.15) is 11.1 Å². The topological polar surface area (TPSA) is 37.3 Å². The van der Waals surface area contributed by atoms with Crippen LogP contribution in [0.3, 0.4) is 0 Å². The van der Waals surface area contributed by atoms with Crippen LogP contribution in [0, 0.1) is 0 Å². The van der Waals surface area contributed by atoms with Crippen LogP contribution in [0.5, 0.6) is 0 Å². The van der Waals surface area contributed by atoms with Crippen LogP contribution in [-0.4, -0.2) is 11.2 Å². The van der Waals surface area contributed by atoms with Crippen molar-refractivity contribution in [2.24, 2.45) is 5.10 Å². The number of aromatic nitrogens is 1. The highest BCUT2D eigenvalue weighted by Gasteiger charge is 2.29. The number of rotatable bonds is 3. The lowest BCUT2D eigenvalue weighted by molar-refractivity contribution is -0.137. The molecule has 0 aliphatic heterocycles. The Balaban J connectivity index is 2.08. The minimum Gasteiger partial charge on any atom is -0.260 e. The molecular weight excluding hydrogens is 362 g/mol. The number of hydrogen-bond acceptors (Lipinski definition) is 3. The molecule has 2 aromatic rings. The molecule has 9 heteroatoms. The zero-order valence-electron chi connectivity index (χ0n) is 10.6. The fourth-order valence-corrected chi connectivity index (χ4v) is 1.99. The fourth-order valence-electron chi connectivity index (χ4n) is 1.45. The van der Waals surface area contributed by atoms with E-state index >= 15 is 0 Å². The van der Waals surface area contributed by atoms with Crippen molar-refractivity contribution in [3.63, 3.8) is 0 Å². The Kier molecular flexibility index (Phi) is 5.16. The van der Waals surface area contributed by atoms with Crippen LogP contribution in [0.15, 0.2) is 35.4 Å². The molecule has 0 saturated heterocycles. The highest BCUT2D eigenvalue weighted by molar-refractivity contribution is 6.42. The molecule has 0 saturated carbocycles. The molecule has 1 aromatic heterocycles. The van der Waals surface area contributed by atoms with Gasteiger partial charge in [0.05, 0.1) is 21.8 Å². The van der Waals surface area contributed by atoms with Gasteiger partial charge in [0.25, 0.3) is 0 Å². The number of pyridine rings is 1. The largest absolute Gasteiger partial charge is 0.416 e. The van der Waals surface area contributed by atoms with Crippen molar-refractivity contribution in [1.29, 1.82) is 0 Å². The average molecular weight is 369 g/mol. The Morgan fingerprint density at radius 2 is 1.68 bits per heavy atom. The van der Waals surface area contributed by atoms with Gasteiger partial charge in [-0.2, -0.15) is 18.3 Å². The number of benzene rings is 1. The maximum absolute atomic E-state index is 12.4. The number of hydrogen-bond donors (Lipinski definition) is 1. The van der Waals surface area contributed by atoms with Crippen molar-refractivity contribution in [2.45, 2.75) is 6.18 Å². The monoisotopic (exact) mass is 367 g/mol. The minimum atomic E-state index is -4.37. The van der Waals surface area contributed by atoms with Gasteiger partial charge < -0.3 is 0 Å². The van der Waals surface area contributed by atoms with Gasteiger partial charge in [-0.05, 0) is 23.8 Å². The molecule has 0 amide bonds. The van der Waals surface area contributed by atoms with Crippen molar-refractivity contribution < 1.29 is 13.2 Å². The van der Waals surface area contributed by atoms with Crippen molar-refractivity contribution in [3.05, 3.63) is 56.7 Å². The molecule has 0 unspecified atom stereocenters. The zero-order valence-corrected chi connectivity index (χ0v) is 12.9. The molecular formula is C13H7Cl3F3N3. The number of anilines is 1. The number of halogens is 6. The lowest BCUT2D eigenvalue weighted by Gasteiger charge is -2.06. The van der Waals surface area contributed by atoms with E-state index in [9.17, 15) is 13.2 Å². The maximum atomic E-state index is 12.4. The van der Waals surface area contributed by atoms with Gasteiger partial charge in [-0.1, -0.05) is 46.9 Å². The first kappa shape index (κ1) is 16.9. The van der Waals surface area contributed by atoms with E-state index in [4.69, 9.17) is 34.8 Å². The molecule has 0 atom stereocenters. The second-order valence-electron chi connectivity index (χ2n) is 4.08. The lowest BCUT2D eigenvalue weighted by Crippen LogP contribution is -2.04. The van der Waals surface area contributed by atoms with E-state index < -0.39 is 11.7 Å². The summed E-state index contributed by atoms with van der Waals surface area (Å²) in [6.07, 6.45) is -3.05. The van der Waals surface area contributed by atoms with Gasteiger partial charge in [-0.15, -0.1) is 0 Å². The molecule has 3 nitrogen and oxygen atoms in total. The highest BCUT2D eigenvalue weighted by Crippen LogP contribution is 2.29. The predicted molar refractivity (Wildman–Crippen MR) is 81.9 cm³/mol. The number of nitrogens with one attached hydrogen (secondary N) is 1. The molecule has 0 aliphatic carbocycles. The van der Waals surface area contributed by atoms with Gasteiger partial charge in [0.2, 0.25) is 0 Å². The van der Waals surface area contributed by atoms with Crippen molar-refractivity contribution in [2.75, 3.05) is 5.43 Å². The summed E-state index contributed by atoms with van der Waals surface area (Å²) in [5.74, 6) is 0.180. The molecule has 0 bridgehead atoms. The normalized spacial score (nSPS) is 11.9. The van der Waals surface area contributed by atoms with Crippen LogP contribution >= 0.6 is 34.8 Å². The Morgan fingerprint density at radius 1 is 1.05 bits per heavy atom. The van der Waals surface area contributed by atoms with Gasteiger partial charge in [0.1, 0.15) is 5.15 Å². The standard InChI is InChI=1S/C13H7Cl3F3N3/c14-9-5-10(15)12(21-11(9)16)22-20-6-7-1-3-8(4-2-7)13(17,18)19/h1-6H,(H,21,22)/b20-6-. The molecule has 22 heavy (non-hydrogen) atoms. The van der Waals surface area contributed by atoms with Crippen LogP contribution in [0.4, 0.5) is 19.0 Å². The van der Waals surface area contributed by atoms with E-state index in [2.05, 4.69) is 15.5 Å². The van der Waals surface area contributed by atoms with E-state index in [0.717, 1.165) is 12.1 Å². The molecule has 0 fully saturated rings. The summed E-state index contributed by atoms with van der Waals surface area (Å²) in [4.78, 5) is 3.88. The number of alkyl halides is 3. The van der Waals surface area contributed by atoms with E-state index in [1.165, 1.54) is 24.4 Å². The van der Waals surface area contributed by atoms with Crippen LogP contribution < -0.4 is 5.43 Å². The molecule has 1 aromatic carbocycles. The van der Waals surface area contributed by atoms with E-state index in [1.54, 1.807) is 0 Å². The molecule has 0 spiro atoms. The zero-order chi connectivity index (χ0) is 16.3. The summed E-state index contributed by atoms with van der Waals surface area (Å²) in [6.45, 7) is 0. The quantitative estimate of drug-likeness (QED) is 0.441.